The highest BCUT2D eigenvalue weighted by Gasteiger charge is 2.30. The van der Waals surface area contributed by atoms with Gasteiger partial charge in [-0.3, -0.25) is 9.59 Å². The van der Waals surface area contributed by atoms with Gasteiger partial charge in [0.1, 0.15) is 5.56 Å². The Bertz CT molecular complexity index is 773. The standard InChI is InChI=1S/C17H17ClN2O2S/c1-11-8-16(21)14(9-19-11)17(22)20-6-7-23-10-15(20)12-2-4-13(18)5-3-12/h2-5,8-9,15H,6-7,10H2,1H3,(H,19,21)/t15-/m1/s1. The number of nitrogens with one attached hydrogen (secondary N) is 1. The van der Waals surface area contributed by atoms with Crippen molar-refractivity contribution in [2.75, 3.05) is 18.1 Å². The van der Waals surface area contributed by atoms with Gasteiger partial charge in [0.05, 0.1) is 6.04 Å². The van der Waals surface area contributed by atoms with E-state index in [2.05, 4.69) is 4.98 Å². The van der Waals surface area contributed by atoms with Crippen LogP contribution in [0.15, 0.2) is 41.3 Å². The van der Waals surface area contributed by atoms with Gasteiger partial charge in [-0.05, 0) is 24.6 Å². The number of hydrogen-bond acceptors (Lipinski definition) is 3. The number of aromatic nitrogens is 1. The Hall–Kier alpha value is -1.72. The summed E-state index contributed by atoms with van der Waals surface area (Å²) < 4.78 is 0. The topological polar surface area (TPSA) is 53.2 Å². The second-order valence-corrected chi connectivity index (χ2v) is 7.12. The largest absolute Gasteiger partial charge is 0.364 e. The van der Waals surface area contributed by atoms with E-state index in [4.69, 9.17) is 11.6 Å². The fourth-order valence-electron chi connectivity index (χ4n) is 2.70. The van der Waals surface area contributed by atoms with Crippen LogP contribution in [0.25, 0.3) is 0 Å². The number of aryl methyl sites for hydroxylation is 1. The van der Waals surface area contributed by atoms with Crippen molar-refractivity contribution < 1.29 is 4.79 Å². The van der Waals surface area contributed by atoms with Crippen molar-refractivity contribution in [1.29, 1.82) is 0 Å². The molecule has 0 unspecified atom stereocenters. The smallest absolute Gasteiger partial charge is 0.259 e. The maximum absolute atomic E-state index is 12.9. The van der Waals surface area contributed by atoms with Gasteiger partial charge in [0.25, 0.3) is 5.91 Å². The average Bonchev–Trinajstić information content (AvgIpc) is 2.55. The van der Waals surface area contributed by atoms with Gasteiger partial charge < -0.3 is 9.88 Å². The van der Waals surface area contributed by atoms with Crippen molar-refractivity contribution in [3.05, 3.63) is 68.6 Å². The predicted octanol–water partition coefficient (Wildman–Crippen LogP) is 3.27. The lowest BCUT2D eigenvalue weighted by molar-refractivity contribution is 0.0699. The summed E-state index contributed by atoms with van der Waals surface area (Å²) in [6, 6.07) is 8.97. The van der Waals surface area contributed by atoms with Crippen LogP contribution in [0.2, 0.25) is 5.02 Å². The number of benzene rings is 1. The molecule has 1 N–H and O–H groups in total. The summed E-state index contributed by atoms with van der Waals surface area (Å²) >= 11 is 7.76. The number of hydrogen-bond donors (Lipinski definition) is 1. The monoisotopic (exact) mass is 348 g/mol. The maximum atomic E-state index is 12.9. The van der Waals surface area contributed by atoms with Crippen LogP contribution in [-0.4, -0.2) is 33.8 Å². The molecule has 0 aliphatic carbocycles. The third kappa shape index (κ3) is 3.46. The summed E-state index contributed by atoms with van der Waals surface area (Å²) in [7, 11) is 0. The molecule has 120 valence electrons. The first-order valence-corrected chi connectivity index (χ1v) is 8.93. The number of nitrogens with zero attached hydrogens (tertiary/aromatic N) is 1. The molecular formula is C17H17ClN2O2S. The van der Waals surface area contributed by atoms with Crippen molar-refractivity contribution in [2.24, 2.45) is 0 Å². The highest BCUT2D eigenvalue weighted by atomic mass is 35.5. The molecule has 23 heavy (non-hydrogen) atoms. The molecule has 2 aromatic rings. The molecule has 6 heteroatoms. The predicted molar refractivity (Wildman–Crippen MR) is 94.4 cm³/mol. The minimum atomic E-state index is -0.237. The second kappa shape index (κ2) is 6.81. The summed E-state index contributed by atoms with van der Waals surface area (Å²) in [4.78, 5) is 29.7. The summed E-state index contributed by atoms with van der Waals surface area (Å²) in [6.07, 6.45) is 1.51. The second-order valence-electron chi connectivity index (χ2n) is 5.53. The molecule has 0 bridgehead atoms. The van der Waals surface area contributed by atoms with Gasteiger partial charge in [-0.15, -0.1) is 0 Å². The quantitative estimate of drug-likeness (QED) is 0.906. The van der Waals surface area contributed by atoms with Crippen LogP contribution in [0.4, 0.5) is 0 Å². The lowest BCUT2D eigenvalue weighted by Gasteiger charge is -2.35. The van der Waals surface area contributed by atoms with E-state index in [0.717, 1.165) is 22.8 Å². The van der Waals surface area contributed by atoms with E-state index < -0.39 is 0 Å². The third-order valence-corrected chi connectivity index (χ3v) is 5.21. The molecule has 2 heterocycles. The van der Waals surface area contributed by atoms with E-state index in [-0.39, 0.29) is 22.9 Å². The molecule has 1 aliphatic rings. The maximum Gasteiger partial charge on any atom is 0.259 e. The Labute approximate surface area is 143 Å². The van der Waals surface area contributed by atoms with Crippen LogP contribution in [0.5, 0.6) is 0 Å². The molecule has 0 spiro atoms. The van der Waals surface area contributed by atoms with Crippen LogP contribution >= 0.6 is 23.4 Å². The number of H-pyrrole nitrogens is 1. The normalized spacial score (nSPS) is 18.0. The summed E-state index contributed by atoms with van der Waals surface area (Å²) in [5, 5.41) is 0.671. The van der Waals surface area contributed by atoms with E-state index in [9.17, 15) is 9.59 Å². The molecule has 3 rings (SSSR count). The van der Waals surface area contributed by atoms with Crippen LogP contribution in [0.3, 0.4) is 0 Å². The van der Waals surface area contributed by atoms with Crippen LogP contribution < -0.4 is 5.43 Å². The zero-order chi connectivity index (χ0) is 16.4. The third-order valence-electron chi connectivity index (χ3n) is 3.93. The van der Waals surface area contributed by atoms with Gasteiger partial charge in [-0.1, -0.05) is 23.7 Å². The Morgan fingerprint density at radius 2 is 2.09 bits per heavy atom. The van der Waals surface area contributed by atoms with Crippen molar-refractivity contribution in [1.82, 2.24) is 9.88 Å². The molecule has 1 aromatic heterocycles. The van der Waals surface area contributed by atoms with Crippen LogP contribution in [0, 0.1) is 6.92 Å². The van der Waals surface area contributed by atoms with Gasteiger partial charge in [0.15, 0.2) is 5.43 Å². The van der Waals surface area contributed by atoms with Gasteiger partial charge in [0, 0.05) is 41.0 Å². The van der Waals surface area contributed by atoms with Crippen molar-refractivity contribution in [3.63, 3.8) is 0 Å². The molecule has 1 saturated heterocycles. The fraction of sp³-hybridized carbons (Fsp3) is 0.294. The Morgan fingerprint density at radius 1 is 1.35 bits per heavy atom. The molecule has 1 atom stereocenters. The molecular weight excluding hydrogens is 332 g/mol. The molecule has 1 aliphatic heterocycles. The van der Waals surface area contributed by atoms with E-state index >= 15 is 0 Å². The lowest BCUT2D eigenvalue weighted by atomic mass is 10.1. The van der Waals surface area contributed by atoms with Crippen molar-refractivity contribution >= 4 is 29.3 Å². The van der Waals surface area contributed by atoms with Crippen molar-refractivity contribution in [2.45, 2.75) is 13.0 Å². The van der Waals surface area contributed by atoms with Gasteiger partial charge in [-0.2, -0.15) is 11.8 Å². The number of thioether (sulfide) groups is 1. The summed E-state index contributed by atoms with van der Waals surface area (Å²) in [5.41, 5.74) is 1.74. The average molecular weight is 349 g/mol. The van der Waals surface area contributed by atoms with E-state index in [1.807, 2.05) is 36.0 Å². The van der Waals surface area contributed by atoms with Crippen molar-refractivity contribution in [3.8, 4) is 0 Å². The van der Waals surface area contributed by atoms with Gasteiger partial charge >= 0.3 is 0 Å². The number of halogens is 1. The first-order chi connectivity index (χ1) is 11.1. The first kappa shape index (κ1) is 16.1. The van der Waals surface area contributed by atoms with Gasteiger partial charge in [-0.25, -0.2) is 0 Å². The number of carbonyl (C=O) groups excluding carboxylic acids is 1. The zero-order valence-electron chi connectivity index (χ0n) is 12.7. The lowest BCUT2D eigenvalue weighted by Crippen LogP contribution is -2.42. The molecule has 0 radical (unpaired) electrons. The minimum Gasteiger partial charge on any atom is -0.364 e. The van der Waals surface area contributed by atoms with E-state index in [1.165, 1.54) is 12.3 Å². The summed E-state index contributed by atoms with van der Waals surface area (Å²) in [5.74, 6) is 1.48. The molecule has 0 saturated carbocycles. The fourth-order valence-corrected chi connectivity index (χ4v) is 3.92. The Balaban J connectivity index is 1.93. The summed E-state index contributed by atoms with van der Waals surface area (Å²) in [6.45, 7) is 2.42. The number of carbonyl (C=O) groups is 1. The number of pyridine rings is 1. The Morgan fingerprint density at radius 3 is 2.78 bits per heavy atom. The molecule has 1 fully saturated rings. The van der Waals surface area contributed by atoms with Gasteiger partial charge in [0.2, 0.25) is 0 Å². The number of amides is 1. The van der Waals surface area contributed by atoms with E-state index in [1.54, 1.807) is 11.8 Å². The zero-order valence-corrected chi connectivity index (χ0v) is 14.3. The van der Waals surface area contributed by atoms with Crippen LogP contribution in [0.1, 0.15) is 27.7 Å². The molecule has 1 aromatic carbocycles. The minimum absolute atomic E-state index is 0.0424. The van der Waals surface area contributed by atoms with E-state index in [0.29, 0.717) is 11.6 Å². The number of aromatic amines is 1. The first-order valence-electron chi connectivity index (χ1n) is 7.40. The number of rotatable bonds is 2. The molecule has 4 nitrogen and oxygen atoms in total. The van der Waals surface area contributed by atoms with Crippen LogP contribution in [-0.2, 0) is 0 Å². The SMILES string of the molecule is Cc1cc(=O)c(C(=O)N2CCSC[C@@H]2c2ccc(Cl)cc2)c[nH]1. The molecule has 1 amide bonds. The highest BCUT2D eigenvalue weighted by Crippen LogP contribution is 2.31. The Kier molecular flexibility index (Phi) is 4.78. The highest BCUT2D eigenvalue weighted by molar-refractivity contribution is 7.99.